The van der Waals surface area contributed by atoms with E-state index >= 15 is 0 Å². The van der Waals surface area contributed by atoms with Crippen molar-refractivity contribution in [1.29, 1.82) is 0 Å². The van der Waals surface area contributed by atoms with Gasteiger partial charge in [-0.05, 0) is 44.0 Å². The molecule has 1 aromatic carbocycles. The van der Waals surface area contributed by atoms with E-state index in [1.807, 2.05) is 19.2 Å². The molecular formula is C14H17ClN2O. The molecule has 0 saturated carbocycles. The largest absolute Gasteiger partial charge is 0.495 e. The van der Waals surface area contributed by atoms with E-state index in [-0.39, 0.29) is 0 Å². The van der Waals surface area contributed by atoms with Crippen LogP contribution in [-0.4, -0.2) is 19.1 Å². The van der Waals surface area contributed by atoms with Gasteiger partial charge >= 0.3 is 0 Å². The van der Waals surface area contributed by atoms with E-state index in [9.17, 15) is 0 Å². The quantitative estimate of drug-likeness (QED) is 0.872. The fraction of sp³-hybridized carbons (Fsp3) is 0.429. The topological polar surface area (TPSA) is 37.0 Å². The van der Waals surface area contributed by atoms with Crippen molar-refractivity contribution < 1.29 is 4.74 Å². The number of methoxy groups -OCH3 is 1. The van der Waals surface area contributed by atoms with Crippen LogP contribution in [0.25, 0.3) is 10.9 Å². The van der Waals surface area contributed by atoms with Gasteiger partial charge in [0, 0.05) is 22.6 Å². The van der Waals surface area contributed by atoms with Gasteiger partial charge in [-0.2, -0.15) is 0 Å². The van der Waals surface area contributed by atoms with Crippen LogP contribution in [-0.2, 0) is 6.42 Å². The lowest BCUT2D eigenvalue weighted by Gasteiger charge is -2.21. The first-order chi connectivity index (χ1) is 8.74. The number of nitrogens with one attached hydrogen (secondary N) is 2. The highest BCUT2D eigenvalue weighted by Gasteiger charge is 2.23. The van der Waals surface area contributed by atoms with Crippen molar-refractivity contribution >= 4 is 22.5 Å². The summed E-state index contributed by atoms with van der Waals surface area (Å²) >= 11 is 6.18. The third-order valence-electron chi connectivity index (χ3n) is 3.83. The van der Waals surface area contributed by atoms with Gasteiger partial charge in [-0.3, -0.25) is 0 Å². The van der Waals surface area contributed by atoms with E-state index in [4.69, 9.17) is 16.3 Å². The van der Waals surface area contributed by atoms with Crippen molar-refractivity contribution in [3.8, 4) is 5.75 Å². The second-order valence-corrected chi connectivity index (χ2v) is 5.19. The molecule has 0 amide bonds. The highest BCUT2D eigenvalue weighted by molar-refractivity contribution is 6.32. The lowest BCUT2D eigenvalue weighted by atomic mass is 9.92. The molecule has 1 heterocycles. The molecule has 3 nitrogen and oxygen atoms in total. The van der Waals surface area contributed by atoms with Gasteiger partial charge in [0.1, 0.15) is 5.75 Å². The van der Waals surface area contributed by atoms with Crippen LogP contribution < -0.4 is 10.1 Å². The summed E-state index contributed by atoms with van der Waals surface area (Å²) in [7, 11) is 3.67. The average Bonchev–Trinajstić information content (AvgIpc) is 2.74. The van der Waals surface area contributed by atoms with E-state index in [2.05, 4.69) is 10.3 Å². The highest BCUT2D eigenvalue weighted by Crippen LogP contribution is 2.38. The monoisotopic (exact) mass is 264 g/mol. The first kappa shape index (κ1) is 11.9. The summed E-state index contributed by atoms with van der Waals surface area (Å²) in [6.07, 6.45) is 3.52. The fourth-order valence-electron chi connectivity index (χ4n) is 2.91. The summed E-state index contributed by atoms with van der Waals surface area (Å²) in [5.74, 6) is 0.748. The normalized spacial score (nSPS) is 18.9. The van der Waals surface area contributed by atoms with Crippen molar-refractivity contribution in [1.82, 2.24) is 10.3 Å². The van der Waals surface area contributed by atoms with Crippen molar-refractivity contribution in [3.63, 3.8) is 0 Å². The minimum absolute atomic E-state index is 0.422. The number of hydrogen-bond donors (Lipinski definition) is 2. The van der Waals surface area contributed by atoms with Crippen LogP contribution in [0.3, 0.4) is 0 Å². The van der Waals surface area contributed by atoms with Gasteiger partial charge in [0.05, 0.1) is 12.1 Å². The highest BCUT2D eigenvalue weighted by atomic mass is 35.5. The van der Waals surface area contributed by atoms with Crippen LogP contribution in [0.4, 0.5) is 0 Å². The van der Waals surface area contributed by atoms with Gasteiger partial charge in [-0.1, -0.05) is 11.6 Å². The summed E-state index contributed by atoms with van der Waals surface area (Å²) in [5.41, 5.74) is 3.82. The lowest BCUT2D eigenvalue weighted by molar-refractivity contribution is 0.415. The third kappa shape index (κ3) is 1.70. The number of benzene rings is 1. The summed E-state index contributed by atoms with van der Waals surface area (Å²) in [5, 5.41) is 5.27. The van der Waals surface area contributed by atoms with Crippen LogP contribution in [0.5, 0.6) is 5.75 Å². The SMILES string of the molecule is CNC1CCCc2c1[nH]c1cc(Cl)c(OC)cc21. The standard InChI is InChI=1S/C14H17ClN2O/c1-16-11-5-3-4-8-9-6-13(18-2)10(15)7-12(9)17-14(8)11/h6-7,11,16-17H,3-5H2,1-2H3. The smallest absolute Gasteiger partial charge is 0.138 e. The van der Waals surface area contributed by atoms with Crippen molar-refractivity contribution in [2.45, 2.75) is 25.3 Å². The fourth-order valence-corrected chi connectivity index (χ4v) is 3.15. The van der Waals surface area contributed by atoms with Gasteiger partial charge in [0.2, 0.25) is 0 Å². The maximum atomic E-state index is 6.18. The zero-order valence-electron chi connectivity index (χ0n) is 10.6. The average molecular weight is 265 g/mol. The Morgan fingerprint density at radius 2 is 2.28 bits per heavy atom. The van der Waals surface area contributed by atoms with Crippen LogP contribution >= 0.6 is 11.6 Å². The number of ether oxygens (including phenoxy) is 1. The van der Waals surface area contributed by atoms with Crippen molar-refractivity contribution in [2.75, 3.05) is 14.2 Å². The maximum absolute atomic E-state index is 6.18. The molecule has 0 saturated heterocycles. The van der Waals surface area contributed by atoms with Crippen LogP contribution in [0, 0.1) is 0 Å². The van der Waals surface area contributed by atoms with Gasteiger partial charge in [0.25, 0.3) is 0 Å². The van der Waals surface area contributed by atoms with Crippen LogP contribution in [0.1, 0.15) is 30.1 Å². The molecule has 1 aliphatic carbocycles. The number of aromatic amines is 1. The van der Waals surface area contributed by atoms with Crippen LogP contribution in [0.2, 0.25) is 5.02 Å². The Morgan fingerprint density at radius 1 is 1.44 bits per heavy atom. The third-order valence-corrected chi connectivity index (χ3v) is 4.12. The van der Waals surface area contributed by atoms with E-state index in [1.165, 1.54) is 29.5 Å². The Labute approximate surface area is 111 Å². The van der Waals surface area contributed by atoms with E-state index in [0.29, 0.717) is 11.1 Å². The summed E-state index contributed by atoms with van der Waals surface area (Å²) in [6.45, 7) is 0. The number of hydrogen-bond acceptors (Lipinski definition) is 2. The van der Waals surface area contributed by atoms with Gasteiger partial charge in [-0.25, -0.2) is 0 Å². The number of aryl methyl sites for hydroxylation is 1. The minimum Gasteiger partial charge on any atom is -0.495 e. The van der Waals surface area contributed by atoms with Gasteiger partial charge < -0.3 is 15.0 Å². The second kappa shape index (κ2) is 4.48. The van der Waals surface area contributed by atoms with E-state index in [1.54, 1.807) is 7.11 Å². The molecule has 0 radical (unpaired) electrons. The molecule has 0 fully saturated rings. The van der Waals surface area contributed by atoms with Gasteiger partial charge in [0.15, 0.2) is 0 Å². The van der Waals surface area contributed by atoms with Crippen molar-refractivity contribution in [2.24, 2.45) is 0 Å². The maximum Gasteiger partial charge on any atom is 0.138 e. The predicted octanol–water partition coefficient (Wildman–Crippen LogP) is 3.43. The summed E-state index contributed by atoms with van der Waals surface area (Å²) in [6, 6.07) is 4.43. The lowest BCUT2D eigenvalue weighted by Crippen LogP contribution is -2.21. The molecule has 0 aliphatic heterocycles. The molecule has 2 aromatic rings. The molecule has 1 unspecified atom stereocenters. The molecule has 1 aromatic heterocycles. The molecule has 4 heteroatoms. The first-order valence-electron chi connectivity index (χ1n) is 6.30. The second-order valence-electron chi connectivity index (χ2n) is 4.78. The molecule has 3 rings (SSSR count). The Morgan fingerprint density at radius 3 is 3.00 bits per heavy atom. The van der Waals surface area contributed by atoms with Gasteiger partial charge in [-0.15, -0.1) is 0 Å². The molecule has 1 aliphatic rings. The summed E-state index contributed by atoms with van der Waals surface area (Å²) < 4.78 is 5.31. The zero-order valence-corrected chi connectivity index (χ0v) is 11.4. The van der Waals surface area contributed by atoms with E-state index < -0.39 is 0 Å². The van der Waals surface area contributed by atoms with E-state index in [0.717, 1.165) is 17.7 Å². The molecule has 0 bridgehead atoms. The molecular weight excluding hydrogens is 248 g/mol. The minimum atomic E-state index is 0.422. The molecule has 18 heavy (non-hydrogen) atoms. The molecule has 1 atom stereocenters. The number of fused-ring (bicyclic) bond motifs is 3. The molecule has 2 N–H and O–H groups in total. The Hall–Kier alpha value is -1.19. The number of rotatable bonds is 2. The Balaban J connectivity index is 2.23. The molecule has 0 spiro atoms. The number of aromatic nitrogens is 1. The number of halogens is 1. The predicted molar refractivity (Wildman–Crippen MR) is 74.6 cm³/mol. The Bertz CT molecular complexity index is 591. The van der Waals surface area contributed by atoms with Crippen LogP contribution in [0.15, 0.2) is 12.1 Å². The summed E-state index contributed by atoms with van der Waals surface area (Å²) in [4.78, 5) is 3.51. The number of H-pyrrole nitrogens is 1. The first-order valence-corrected chi connectivity index (χ1v) is 6.67. The Kier molecular flexibility index (Phi) is 2.96. The van der Waals surface area contributed by atoms with Crippen molar-refractivity contribution in [3.05, 3.63) is 28.4 Å². The zero-order chi connectivity index (χ0) is 12.7. The molecule has 96 valence electrons.